The Kier molecular flexibility index (Phi) is 4.70. The van der Waals surface area contributed by atoms with Gasteiger partial charge in [-0.05, 0) is 39.0 Å². The van der Waals surface area contributed by atoms with Gasteiger partial charge < -0.3 is 4.42 Å². The Morgan fingerprint density at radius 2 is 1.90 bits per heavy atom. The fourth-order valence-corrected chi connectivity index (χ4v) is 2.44. The van der Waals surface area contributed by atoms with Crippen molar-refractivity contribution in [2.45, 2.75) is 20.8 Å². The third kappa shape index (κ3) is 3.65. The maximum Gasteiger partial charge on any atom is 0.274 e. The predicted molar refractivity (Wildman–Crippen MR) is 84.3 cm³/mol. The summed E-state index contributed by atoms with van der Waals surface area (Å²) in [5, 5.41) is 5.09. The van der Waals surface area contributed by atoms with Gasteiger partial charge in [0.2, 0.25) is 0 Å². The first kappa shape index (κ1) is 15.6. The minimum Gasteiger partial charge on any atom is -0.466 e. The number of rotatable bonds is 3. The number of hydrazone groups is 1. The van der Waals surface area contributed by atoms with Crippen LogP contribution < -0.4 is 5.43 Å². The van der Waals surface area contributed by atoms with Gasteiger partial charge in [-0.3, -0.25) is 4.79 Å². The van der Waals surface area contributed by atoms with Crippen molar-refractivity contribution >= 4 is 34.8 Å². The second-order valence-corrected chi connectivity index (χ2v) is 5.43. The van der Waals surface area contributed by atoms with Gasteiger partial charge in [0, 0.05) is 10.6 Å². The standard InChI is InChI=1S/C15H14Cl2N2O2/c1-8-6-13(10(3)21-8)15(20)19-18-9(2)12-5-4-11(16)7-14(12)17/h4-7H,1-3H3,(H,19,20). The van der Waals surface area contributed by atoms with E-state index in [1.54, 1.807) is 45.0 Å². The Morgan fingerprint density at radius 3 is 2.48 bits per heavy atom. The Labute approximate surface area is 132 Å². The molecule has 1 aromatic heterocycles. The lowest BCUT2D eigenvalue weighted by atomic mass is 10.1. The summed E-state index contributed by atoms with van der Waals surface area (Å²) in [5.41, 5.74) is 4.25. The van der Waals surface area contributed by atoms with Crippen LogP contribution in [-0.4, -0.2) is 11.6 Å². The molecule has 110 valence electrons. The lowest BCUT2D eigenvalue weighted by molar-refractivity contribution is 0.0953. The third-order valence-corrected chi connectivity index (χ3v) is 3.48. The van der Waals surface area contributed by atoms with Crippen molar-refractivity contribution in [1.29, 1.82) is 0 Å². The van der Waals surface area contributed by atoms with Gasteiger partial charge in [-0.2, -0.15) is 5.10 Å². The van der Waals surface area contributed by atoms with Gasteiger partial charge in [0.15, 0.2) is 0 Å². The molecule has 0 aliphatic carbocycles. The number of halogens is 2. The molecule has 6 heteroatoms. The molecule has 1 N–H and O–H groups in total. The number of hydrogen-bond acceptors (Lipinski definition) is 3. The van der Waals surface area contributed by atoms with Crippen molar-refractivity contribution in [3.63, 3.8) is 0 Å². The topological polar surface area (TPSA) is 54.6 Å². The summed E-state index contributed by atoms with van der Waals surface area (Å²) >= 11 is 11.9. The Hall–Kier alpha value is -1.78. The summed E-state index contributed by atoms with van der Waals surface area (Å²) in [6.45, 7) is 5.27. The smallest absolute Gasteiger partial charge is 0.274 e. The molecule has 1 amide bonds. The molecular weight excluding hydrogens is 311 g/mol. The Morgan fingerprint density at radius 1 is 1.19 bits per heavy atom. The first-order valence-corrected chi connectivity index (χ1v) is 7.01. The van der Waals surface area contributed by atoms with E-state index in [2.05, 4.69) is 10.5 Å². The molecule has 0 aliphatic rings. The molecule has 0 spiro atoms. The number of nitrogens with zero attached hydrogens (tertiary/aromatic N) is 1. The molecule has 0 saturated heterocycles. The highest BCUT2D eigenvalue weighted by molar-refractivity contribution is 6.37. The van der Waals surface area contributed by atoms with E-state index in [0.717, 1.165) is 0 Å². The number of aryl methyl sites for hydroxylation is 2. The third-order valence-electron chi connectivity index (χ3n) is 2.93. The minimum absolute atomic E-state index is 0.325. The second-order valence-electron chi connectivity index (χ2n) is 4.59. The molecule has 0 bridgehead atoms. The Bertz CT molecular complexity index is 720. The number of carbonyl (C=O) groups excluding carboxylic acids is 1. The SMILES string of the molecule is CC(=NNC(=O)c1cc(C)oc1C)c1ccc(Cl)cc1Cl. The average Bonchev–Trinajstić information content (AvgIpc) is 2.74. The van der Waals surface area contributed by atoms with Crippen LogP contribution in [0.3, 0.4) is 0 Å². The van der Waals surface area contributed by atoms with Crippen LogP contribution in [0, 0.1) is 13.8 Å². The van der Waals surface area contributed by atoms with E-state index in [0.29, 0.717) is 38.4 Å². The van der Waals surface area contributed by atoms with Gasteiger partial charge in [0.1, 0.15) is 11.5 Å². The van der Waals surface area contributed by atoms with Crippen LogP contribution in [0.5, 0.6) is 0 Å². The molecule has 1 aromatic carbocycles. The number of hydrogen-bond donors (Lipinski definition) is 1. The van der Waals surface area contributed by atoms with Crippen molar-refractivity contribution in [2.24, 2.45) is 5.10 Å². The lowest BCUT2D eigenvalue weighted by Gasteiger charge is -2.05. The molecule has 2 rings (SSSR count). The van der Waals surface area contributed by atoms with E-state index in [4.69, 9.17) is 27.6 Å². The van der Waals surface area contributed by atoms with E-state index in [1.807, 2.05) is 0 Å². The molecule has 0 saturated carbocycles. The summed E-state index contributed by atoms with van der Waals surface area (Å²) in [4.78, 5) is 12.0. The molecule has 0 fully saturated rings. The highest BCUT2D eigenvalue weighted by atomic mass is 35.5. The fourth-order valence-electron chi connectivity index (χ4n) is 1.89. The monoisotopic (exact) mass is 324 g/mol. The van der Waals surface area contributed by atoms with Gasteiger partial charge in [-0.25, -0.2) is 5.43 Å². The van der Waals surface area contributed by atoms with Crippen molar-refractivity contribution in [2.75, 3.05) is 0 Å². The van der Waals surface area contributed by atoms with Crippen LogP contribution in [0.15, 0.2) is 33.8 Å². The molecule has 0 atom stereocenters. The zero-order chi connectivity index (χ0) is 15.6. The number of amides is 1. The number of benzene rings is 1. The lowest BCUT2D eigenvalue weighted by Crippen LogP contribution is -2.19. The molecule has 2 aromatic rings. The molecule has 4 nitrogen and oxygen atoms in total. The maximum atomic E-state index is 12.0. The van der Waals surface area contributed by atoms with E-state index >= 15 is 0 Å². The highest BCUT2D eigenvalue weighted by Crippen LogP contribution is 2.21. The van der Waals surface area contributed by atoms with Crippen molar-refractivity contribution < 1.29 is 9.21 Å². The number of carbonyl (C=O) groups is 1. The van der Waals surface area contributed by atoms with Gasteiger partial charge in [-0.15, -0.1) is 0 Å². The summed E-state index contributed by atoms with van der Waals surface area (Å²) in [5.74, 6) is 0.912. The van der Waals surface area contributed by atoms with Crippen LogP contribution in [-0.2, 0) is 0 Å². The average molecular weight is 325 g/mol. The van der Waals surface area contributed by atoms with E-state index in [9.17, 15) is 4.79 Å². The normalized spacial score (nSPS) is 11.6. The fraction of sp³-hybridized carbons (Fsp3) is 0.200. The van der Waals surface area contributed by atoms with Gasteiger partial charge >= 0.3 is 0 Å². The number of furan rings is 1. The van der Waals surface area contributed by atoms with E-state index in [-0.39, 0.29) is 5.91 Å². The molecule has 0 radical (unpaired) electrons. The molecule has 0 aliphatic heterocycles. The van der Waals surface area contributed by atoms with Crippen molar-refractivity contribution in [1.82, 2.24) is 5.43 Å². The predicted octanol–water partition coefficient (Wildman–Crippen LogP) is 4.36. The highest BCUT2D eigenvalue weighted by Gasteiger charge is 2.13. The van der Waals surface area contributed by atoms with E-state index < -0.39 is 0 Å². The quantitative estimate of drug-likeness (QED) is 0.673. The van der Waals surface area contributed by atoms with E-state index in [1.165, 1.54) is 0 Å². The van der Waals surface area contributed by atoms with Crippen LogP contribution in [0.1, 0.15) is 34.4 Å². The Balaban J connectivity index is 2.17. The first-order chi connectivity index (χ1) is 9.88. The molecule has 0 unspecified atom stereocenters. The van der Waals surface area contributed by atoms with Gasteiger partial charge in [0.25, 0.3) is 5.91 Å². The van der Waals surface area contributed by atoms with Gasteiger partial charge in [-0.1, -0.05) is 29.3 Å². The molecule has 1 heterocycles. The van der Waals surface area contributed by atoms with Crippen molar-refractivity contribution in [3.8, 4) is 0 Å². The molecular formula is C15H14Cl2N2O2. The number of nitrogens with one attached hydrogen (secondary N) is 1. The van der Waals surface area contributed by atoms with Crippen LogP contribution in [0.2, 0.25) is 10.0 Å². The van der Waals surface area contributed by atoms with Crippen LogP contribution in [0.25, 0.3) is 0 Å². The summed E-state index contributed by atoms with van der Waals surface area (Å²) in [6, 6.07) is 6.77. The van der Waals surface area contributed by atoms with Crippen LogP contribution >= 0.6 is 23.2 Å². The van der Waals surface area contributed by atoms with Gasteiger partial charge in [0.05, 0.1) is 16.3 Å². The summed E-state index contributed by atoms with van der Waals surface area (Å²) in [7, 11) is 0. The van der Waals surface area contributed by atoms with Crippen LogP contribution in [0.4, 0.5) is 0 Å². The zero-order valence-corrected chi connectivity index (χ0v) is 13.3. The zero-order valence-electron chi connectivity index (χ0n) is 11.8. The minimum atomic E-state index is -0.325. The first-order valence-electron chi connectivity index (χ1n) is 6.25. The van der Waals surface area contributed by atoms with Crippen molar-refractivity contribution in [3.05, 3.63) is 57.0 Å². The maximum absolute atomic E-state index is 12.0. The second kappa shape index (κ2) is 6.33. The summed E-state index contributed by atoms with van der Waals surface area (Å²) in [6.07, 6.45) is 0. The summed E-state index contributed by atoms with van der Waals surface area (Å²) < 4.78 is 5.31. The molecule has 21 heavy (non-hydrogen) atoms. The largest absolute Gasteiger partial charge is 0.466 e.